The fraction of sp³-hybridized carbons (Fsp3) is 0.308. The summed E-state index contributed by atoms with van der Waals surface area (Å²) in [5.41, 5.74) is 1.43. The van der Waals surface area contributed by atoms with Gasteiger partial charge in [0.15, 0.2) is 0 Å². The zero-order valence-corrected chi connectivity index (χ0v) is 10.9. The van der Waals surface area contributed by atoms with Crippen molar-refractivity contribution in [3.05, 3.63) is 50.8 Å². The van der Waals surface area contributed by atoms with Crippen LogP contribution in [0.15, 0.2) is 21.5 Å². The van der Waals surface area contributed by atoms with Crippen molar-refractivity contribution in [2.75, 3.05) is 0 Å². The largest absolute Gasteiger partial charge is 0.477 e. The first kappa shape index (κ1) is 13.1. The van der Waals surface area contributed by atoms with Crippen molar-refractivity contribution in [1.29, 1.82) is 0 Å². The highest BCUT2D eigenvalue weighted by Gasteiger charge is 2.15. The molecule has 0 aliphatic heterocycles. The standard InChI is InChI=1S/C13H14N2O4/c1-7-4-5-10(13(17)18)12(16)15(7)6-11-8(2)14-19-9(11)3/h4-5H,6H2,1-3H3,(H,17,18). The van der Waals surface area contributed by atoms with Crippen LogP contribution in [0.5, 0.6) is 0 Å². The number of aromatic nitrogens is 2. The van der Waals surface area contributed by atoms with E-state index in [1.165, 1.54) is 10.6 Å². The molecule has 0 saturated carbocycles. The normalized spacial score (nSPS) is 10.7. The van der Waals surface area contributed by atoms with Crippen LogP contribution in [0.1, 0.15) is 33.1 Å². The number of rotatable bonds is 3. The molecule has 100 valence electrons. The summed E-state index contributed by atoms with van der Waals surface area (Å²) in [6.07, 6.45) is 0. The molecule has 0 saturated heterocycles. The average molecular weight is 262 g/mol. The number of carbonyl (C=O) groups is 1. The molecule has 0 unspecified atom stereocenters. The number of aromatic carboxylic acids is 1. The van der Waals surface area contributed by atoms with E-state index < -0.39 is 11.5 Å². The summed E-state index contributed by atoms with van der Waals surface area (Å²) in [4.78, 5) is 23.1. The van der Waals surface area contributed by atoms with Crippen molar-refractivity contribution in [1.82, 2.24) is 9.72 Å². The quantitative estimate of drug-likeness (QED) is 0.906. The molecule has 0 aromatic carbocycles. The Hall–Kier alpha value is -2.37. The van der Waals surface area contributed by atoms with Gasteiger partial charge in [0.2, 0.25) is 0 Å². The molecule has 19 heavy (non-hydrogen) atoms. The monoisotopic (exact) mass is 262 g/mol. The second kappa shape index (κ2) is 4.72. The van der Waals surface area contributed by atoms with Crippen LogP contribution in [0.3, 0.4) is 0 Å². The molecule has 6 heteroatoms. The first-order valence-electron chi connectivity index (χ1n) is 5.77. The number of hydrogen-bond acceptors (Lipinski definition) is 4. The SMILES string of the molecule is Cc1noc(C)c1Cn1c(C)ccc(C(=O)O)c1=O. The van der Waals surface area contributed by atoms with Crippen molar-refractivity contribution in [2.24, 2.45) is 0 Å². The minimum absolute atomic E-state index is 0.239. The van der Waals surface area contributed by atoms with Crippen LogP contribution in [0.25, 0.3) is 0 Å². The Morgan fingerprint density at radius 2 is 2.05 bits per heavy atom. The third kappa shape index (κ3) is 2.29. The summed E-state index contributed by atoms with van der Waals surface area (Å²) in [7, 11) is 0. The van der Waals surface area contributed by atoms with Crippen molar-refractivity contribution in [3.8, 4) is 0 Å². The molecule has 0 fully saturated rings. The summed E-state index contributed by atoms with van der Waals surface area (Å²) in [5.74, 6) is -0.595. The van der Waals surface area contributed by atoms with Gasteiger partial charge in [0.25, 0.3) is 5.56 Å². The predicted octanol–water partition coefficient (Wildman–Crippen LogP) is 1.51. The van der Waals surface area contributed by atoms with Gasteiger partial charge in [-0.15, -0.1) is 0 Å². The molecule has 0 aliphatic carbocycles. The second-order valence-electron chi connectivity index (χ2n) is 4.39. The van der Waals surface area contributed by atoms with Gasteiger partial charge in [-0.25, -0.2) is 4.79 Å². The molecule has 2 rings (SSSR count). The summed E-state index contributed by atoms with van der Waals surface area (Å²) in [6, 6.07) is 2.94. The van der Waals surface area contributed by atoms with Crippen LogP contribution in [0, 0.1) is 20.8 Å². The lowest BCUT2D eigenvalue weighted by Gasteiger charge is -2.10. The Morgan fingerprint density at radius 1 is 1.37 bits per heavy atom. The number of nitrogens with zero attached hydrogens (tertiary/aromatic N) is 2. The summed E-state index contributed by atoms with van der Waals surface area (Å²) < 4.78 is 6.46. The van der Waals surface area contributed by atoms with Gasteiger partial charge >= 0.3 is 5.97 Å². The van der Waals surface area contributed by atoms with Gasteiger partial charge in [-0.2, -0.15) is 0 Å². The van der Waals surface area contributed by atoms with Crippen LogP contribution in [0.4, 0.5) is 0 Å². The zero-order chi connectivity index (χ0) is 14.2. The van der Waals surface area contributed by atoms with Gasteiger partial charge in [0, 0.05) is 11.3 Å². The van der Waals surface area contributed by atoms with Crippen LogP contribution >= 0.6 is 0 Å². The van der Waals surface area contributed by atoms with Crippen LogP contribution < -0.4 is 5.56 Å². The molecule has 0 spiro atoms. The topological polar surface area (TPSA) is 85.3 Å². The second-order valence-corrected chi connectivity index (χ2v) is 4.39. The van der Waals surface area contributed by atoms with E-state index in [1.54, 1.807) is 26.8 Å². The maximum Gasteiger partial charge on any atom is 0.341 e. The number of carboxylic acids is 1. The van der Waals surface area contributed by atoms with Gasteiger partial charge in [-0.1, -0.05) is 5.16 Å². The lowest BCUT2D eigenvalue weighted by atomic mass is 10.2. The van der Waals surface area contributed by atoms with Crippen molar-refractivity contribution in [2.45, 2.75) is 27.3 Å². The number of hydrogen-bond donors (Lipinski definition) is 1. The minimum Gasteiger partial charge on any atom is -0.477 e. The Morgan fingerprint density at radius 3 is 2.58 bits per heavy atom. The van der Waals surface area contributed by atoms with E-state index in [0.29, 0.717) is 17.1 Å². The van der Waals surface area contributed by atoms with Gasteiger partial charge in [0.1, 0.15) is 11.3 Å². The molecule has 0 radical (unpaired) electrons. The van der Waals surface area contributed by atoms with E-state index in [1.807, 2.05) is 0 Å². The zero-order valence-electron chi connectivity index (χ0n) is 10.9. The number of carboxylic acid groups (broad SMARTS) is 1. The lowest BCUT2D eigenvalue weighted by Crippen LogP contribution is -2.28. The van der Waals surface area contributed by atoms with Crippen LogP contribution in [-0.4, -0.2) is 20.8 Å². The smallest absolute Gasteiger partial charge is 0.341 e. The third-order valence-corrected chi connectivity index (χ3v) is 3.12. The molecule has 0 aliphatic rings. The van der Waals surface area contributed by atoms with E-state index in [-0.39, 0.29) is 12.1 Å². The molecule has 0 bridgehead atoms. The molecule has 0 amide bonds. The maximum atomic E-state index is 12.1. The van der Waals surface area contributed by atoms with Gasteiger partial charge in [0.05, 0.1) is 12.2 Å². The molecule has 6 nitrogen and oxygen atoms in total. The Bertz CT molecular complexity index is 678. The van der Waals surface area contributed by atoms with Crippen molar-refractivity contribution >= 4 is 5.97 Å². The first-order chi connectivity index (χ1) is 8.91. The molecule has 2 heterocycles. The van der Waals surface area contributed by atoms with E-state index >= 15 is 0 Å². The maximum absolute atomic E-state index is 12.1. The molecular formula is C13H14N2O4. The highest BCUT2D eigenvalue weighted by atomic mass is 16.5. The van der Waals surface area contributed by atoms with E-state index in [2.05, 4.69) is 5.16 Å². The Labute approximate surface area is 109 Å². The molecule has 1 N–H and O–H groups in total. The first-order valence-corrected chi connectivity index (χ1v) is 5.77. The highest BCUT2D eigenvalue weighted by Crippen LogP contribution is 2.14. The van der Waals surface area contributed by atoms with Gasteiger partial charge in [-0.05, 0) is 32.9 Å². The Balaban J connectivity index is 2.55. The van der Waals surface area contributed by atoms with Crippen molar-refractivity contribution in [3.63, 3.8) is 0 Å². The average Bonchev–Trinajstić information content (AvgIpc) is 2.64. The highest BCUT2D eigenvalue weighted by molar-refractivity contribution is 5.87. The van der Waals surface area contributed by atoms with E-state index in [9.17, 15) is 9.59 Å². The third-order valence-electron chi connectivity index (χ3n) is 3.12. The fourth-order valence-corrected chi connectivity index (χ4v) is 1.92. The number of pyridine rings is 1. The molecule has 2 aromatic rings. The van der Waals surface area contributed by atoms with E-state index in [4.69, 9.17) is 9.63 Å². The van der Waals surface area contributed by atoms with Gasteiger partial charge < -0.3 is 14.2 Å². The van der Waals surface area contributed by atoms with Crippen molar-refractivity contribution < 1.29 is 14.4 Å². The predicted molar refractivity (Wildman–Crippen MR) is 67.5 cm³/mol. The summed E-state index contributed by atoms with van der Waals surface area (Å²) >= 11 is 0. The van der Waals surface area contributed by atoms with Crippen LogP contribution in [-0.2, 0) is 6.54 Å². The lowest BCUT2D eigenvalue weighted by molar-refractivity contribution is 0.0694. The molecular weight excluding hydrogens is 248 g/mol. The minimum atomic E-state index is -1.22. The summed E-state index contributed by atoms with van der Waals surface area (Å²) in [5, 5.41) is 12.8. The fourth-order valence-electron chi connectivity index (χ4n) is 1.92. The van der Waals surface area contributed by atoms with Crippen LogP contribution in [0.2, 0.25) is 0 Å². The molecule has 2 aromatic heterocycles. The Kier molecular flexibility index (Phi) is 3.25. The van der Waals surface area contributed by atoms with E-state index in [0.717, 1.165) is 5.56 Å². The molecule has 0 atom stereocenters. The number of aryl methyl sites for hydroxylation is 3. The summed E-state index contributed by atoms with van der Waals surface area (Å²) in [6.45, 7) is 5.56. The van der Waals surface area contributed by atoms with Gasteiger partial charge in [-0.3, -0.25) is 4.79 Å².